The van der Waals surface area contributed by atoms with Crippen molar-refractivity contribution in [3.63, 3.8) is 0 Å². The van der Waals surface area contributed by atoms with Crippen LogP contribution in [-0.2, 0) is 6.42 Å². The number of amides is 1. The van der Waals surface area contributed by atoms with Crippen LogP contribution < -0.4 is 21.5 Å². The molecule has 0 saturated heterocycles. The van der Waals surface area contributed by atoms with E-state index in [-0.39, 0.29) is 16.8 Å². The minimum Gasteiger partial charge on any atom is -0.477 e. The van der Waals surface area contributed by atoms with Crippen molar-refractivity contribution in [2.24, 2.45) is 5.73 Å². The van der Waals surface area contributed by atoms with Gasteiger partial charge in [0.15, 0.2) is 0 Å². The lowest BCUT2D eigenvalue weighted by Crippen LogP contribution is -2.28. The number of carboxylic acids is 1. The van der Waals surface area contributed by atoms with Gasteiger partial charge in [0.25, 0.3) is 5.56 Å². The zero-order valence-corrected chi connectivity index (χ0v) is 18.4. The second-order valence-corrected chi connectivity index (χ2v) is 7.79. The van der Waals surface area contributed by atoms with Gasteiger partial charge in [-0.05, 0) is 48.4 Å². The van der Waals surface area contributed by atoms with E-state index in [4.69, 9.17) is 17.3 Å². The summed E-state index contributed by atoms with van der Waals surface area (Å²) in [5.41, 5.74) is 6.76. The highest BCUT2D eigenvalue weighted by molar-refractivity contribution is 6.30. The number of hydrogen-bond donors (Lipinski definition) is 3. The highest BCUT2D eigenvalue weighted by Crippen LogP contribution is 2.25. The average molecular weight is 455 g/mol. The number of halogens is 1. The second kappa shape index (κ2) is 9.57. The first-order valence-electron chi connectivity index (χ1n) is 9.78. The third-order valence-electron chi connectivity index (χ3n) is 4.93. The van der Waals surface area contributed by atoms with E-state index in [0.29, 0.717) is 29.4 Å². The molecule has 3 aromatic rings. The fourth-order valence-corrected chi connectivity index (χ4v) is 3.56. The normalized spacial score (nSPS) is 10.6. The van der Waals surface area contributed by atoms with Gasteiger partial charge in [0.2, 0.25) is 5.91 Å². The third kappa shape index (κ3) is 4.92. The van der Waals surface area contributed by atoms with Gasteiger partial charge in [-0.3, -0.25) is 14.2 Å². The van der Waals surface area contributed by atoms with Crippen LogP contribution in [0.1, 0.15) is 26.3 Å². The van der Waals surface area contributed by atoms with E-state index >= 15 is 0 Å². The lowest BCUT2D eigenvalue weighted by Gasteiger charge is -2.20. The van der Waals surface area contributed by atoms with E-state index in [1.54, 1.807) is 43.3 Å². The van der Waals surface area contributed by atoms with Gasteiger partial charge in [-0.2, -0.15) is 0 Å². The first kappa shape index (κ1) is 22.9. The quantitative estimate of drug-likeness (QED) is 0.481. The standard InChI is InChI=1S/C23H23ClN4O4/c1-27(2)19-13-15(21(25)29)6-7-18(19)28-11-9-17(20(22(28)30)23(31)32)26-10-8-14-4-3-5-16(24)12-14/h3-7,9,11-13,26H,8,10H2,1-2H3,(H2,25,29)(H,31,32). The van der Waals surface area contributed by atoms with E-state index in [2.05, 4.69) is 5.32 Å². The van der Waals surface area contributed by atoms with Gasteiger partial charge in [-0.25, -0.2) is 4.79 Å². The molecule has 166 valence electrons. The van der Waals surface area contributed by atoms with Crippen molar-refractivity contribution in [2.45, 2.75) is 6.42 Å². The molecule has 0 atom stereocenters. The van der Waals surface area contributed by atoms with E-state index in [9.17, 15) is 19.5 Å². The number of hydrogen-bond acceptors (Lipinski definition) is 5. The summed E-state index contributed by atoms with van der Waals surface area (Å²) in [6.45, 7) is 0.417. The molecule has 0 unspecified atom stereocenters. The molecule has 0 fully saturated rings. The number of carbonyl (C=O) groups excluding carboxylic acids is 1. The molecule has 4 N–H and O–H groups in total. The van der Waals surface area contributed by atoms with Crippen molar-refractivity contribution in [1.82, 2.24) is 4.57 Å². The summed E-state index contributed by atoms with van der Waals surface area (Å²) in [4.78, 5) is 38.3. The number of aromatic carboxylic acids is 1. The summed E-state index contributed by atoms with van der Waals surface area (Å²) < 4.78 is 1.24. The molecule has 0 aliphatic heterocycles. The van der Waals surface area contributed by atoms with E-state index in [1.807, 2.05) is 18.2 Å². The Bertz CT molecular complexity index is 1240. The van der Waals surface area contributed by atoms with Crippen LogP contribution >= 0.6 is 11.6 Å². The Kier molecular flexibility index (Phi) is 6.85. The van der Waals surface area contributed by atoms with Gasteiger partial charge in [0.1, 0.15) is 5.56 Å². The van der Waals surface area contributed by atoms with Crippen LogP contribution in [-0.4, -0.2) is 42.2 Å². The predicted octanol–water partition coefficient (Wildman–Crippen LogP) is 3.01. The van der Waals surface area contributed by atoms with Crippen molar-refractivity contribution in [1.29, 1.82) is 0 Å². The Morgan fingerprint density at radius 3 is 2.53 bits per heavy atom. The molecule has 32 heavy (non-hydrogen) atoms. The molecule has 3 rings (SSSR count). The molecule has 9 heteroatoms. The minimum atomic E-state index is -1.34. The molecule has 1 aromatic heterocycles. The number of carbonyl (C=O) groups is 2. The SMILES string of the molecule is CN(C)c1cc(C(N)=O)ccc1-n1ccc(NCCc2cccc(Cl)c2)c(C(=O)O)c1=O. The van der Waals surface area contributed by atoms with Crippen molar-refractivity contribution in [2.75, 3.05) is 30.9 Å². The number of primary amides is 1. The Morgan fingerprint density at radius 1 is 1.16 bits per heavy atom. The van der Waals surface area contributed by atoms with Crippen LogP contribution in [0.15, 0.2) is 59.5 Å². The third-order valence-corrected chi connectivity index (χ3v) is 5.16. The fraction of sp³-hybridized carbons (Fsp3) is 0.174. The number of carboxylic acid groups (broad SMARTS) is 1. The molecule has 0 saturated carbocycles. The van der Waals surface area contributed by atoms with Crippen molar-refractivity contribution in [3.05, 3.63) is 86.8 Å². The molecular weight excluding hydrogens is 432 g/mol. The van der Waals surface area contributed by atoms with Gasteiger partial charge >= 0.3 is 5.97 Å². The number of nitrogens with one attached hydrogen (secondary N) is 1. The molecule has 0 bridgehead atoms. The first-order valence-corrected chi connectivity index (χ1v) is 10.2. The summed E-state index contributed by atoms with van der Waals surface area (Å²) in [5.74, 6) is -1.94. The zero-order valence-electron chi connectivity index (χ0n) is 17.6. The van der Waals surface area contributed by atoms with Crippen molar-refractivity contribution < 1.29 is 14.7 Å². The average Bonchev–Trinajstić information content (AvgIpc) is 2.73. The summed E-state index contributed by atoms with van der Waals surface area (Å²) in [7, 11) is 3.50. The Hall–Kier alpha value is -3.78. The topological polar surface area (TPSA) is 118 Å². The molecule has 2 aromatic carbocycles. The van der Waals surface area contributed by atoms with E-state index < -0.39 is 17.4 Å². The Balaban J connectivity index is 1.97. The van der Waals surface area contributed by atoms with Gasteiger partial charge in [-0.1, -0.05) is 23.7 Å². The van der Waals surface area contributed by atoms with Gasteiger partial charge in [0, 0.05) is 37.4 Å². The summed E-state index contributed by atoms with van der Waals surface area (Å²) in [6, 6.07) is 13.5. The van der Waals surface area contributed by atoms with Gasteiger partial charge < -0.3 is 21.1 Å². The monoisotopic (exact) mass is 454 g/mol. The number of nitrogens with two attached hydrogens (primary N) is 1. The maximum Gasteiger partial charge on any atom is 0.343 e. The van der Waals surface area contributed by atoms with Crippen LogP contribution in [0.5, 0.6) is 0 Å². The van der Waals surface area contributed by atoms with Crippen molar-refractivity contribution in [3.8, 4) is 5.69 Å². The first-order chi connectivity index (χ1) is 15.2. The molecule has 1 amide bonds. The van der Waals surface area contributed by atoms with Crippen LogP contribution in [0.2, 0.25) is 5.02 Å². The van der Waals surface area contributed by atoms with Crippen molar-refractivity contribution >= 4 is 34.9 Å². The molecule has 1 heterocycles. The summed E-state index contributed by atoms with van der Waals surface area (Å²) in [6.07, 6.45) is 2.10. The summed E-state index contributed by atoms with van der Waals surface area (Å²) in [5, 5.41) is 13.4. The highest BCUT2D eigenvalue weighted by atomic mass is 35.5. The minimum absolute atomic E-state index is 0.223. The molecule has 8 nitrogen and oxygen atoms in total. The smallest absolute Gasteiger partial charge is 0.343 e. The molecule has 0 radical (unpaired) electrons. The molecule has 0 aliphatic rings. The van der Waals surface area contributed by atoms with Gasteiger partial charge in [0.05, 0.1) is 17.1 Å². The lowest BCUT2D eigenvalue weighted by atomic mass is 10.1. The maximum absolute atomic E-state index is 13.1. The highest BCUT2D eigenvalue weighted by Gasteiger charge is 2.20. The Labute approximate surface area is 189 Å². The van der Waals surface area contributed by atoms with Gasteiger partial charge in [-0.15, -0.1) is 0 Å². The van der Waals surface area contributed by atoms with E-state index in [0.717, 1.165) is 5.56 Å². The van der Waals surface area contributed by atoms with Crippen LogP contribution in [0, 0.1) is 0 Å². The molecule has 0 spiro atoms. The summed E-state index contributed by atoms with van der Waals surface area (Å²) >= 11 is 5.99. The number of aromatic nitrogens is 1. The molecule has 0 aliphatic carbocycles. The van der Waals surface area contributed by atoms with E-state index in [1.165, 1.54) is 16.8 Å². The number of rotatable bonds is 8. The predicted molar refractivity (Wildman–Crippen MR) is 125 cm³/mol. The molecular formula is C23H23ClN4O4. The lowest BCUT2D eigenvalue weighted by molar-refractivity contribution is 0.0695. The van der Waals surface area contributed by atoms with Crippen LogP contribution in [0.3, 0.4) is 0 Å². The van der Waals surface area contributed by atoms with Crippen LogP contribution in [0.4, 0.5) is 11.4 Å². The second-order valence-electron chi connectivity index (χ2n) is 7.35. The number of pyridine rings is 1. The maximum atomic E-state index is 13.1. The Morgan fingerprint density at radius 2 is 1.91 bits per heavy atom. The fourth-order valence-electron chi connectivity index (χ4n) is 3.35. The number of nitrogens with zero attached hydrogens (tertiary/aromatic N) is 2. The zero-order chi connectivity index (χ0) is 23.4. The van der Waals surface area contributed by atoms with Crippen LogP contribution in [0.25, 0.3) is 5.69 Å². The number of anilines is 2. The largest absolute Gasteiger partial charge is 0.477 e. The number of benzene rings is 2.